The van der Waals surface area contributed by atoms with Gasteiger partial charge in [0.2, 0.25) is 0 Å². The van der Waals surface area contributed by atoms with Crippen LogP contribution in [-0.2, 0) is 9.53 Å². The molecule has 1 saturated heterocycles. The van der Waals surface area contributed by atoms with Crippen molar-refractivity contribution in [3.05, 3.63) is 78.1 Å². The molecule has 0 saturated carbocycles. The van der Waals surface area contributed by atoms with Gasteiger partial charge in [-0.05, 0) is 24.6 Å². The number of para-hydroxylation sites is 1. The van der Waals surface area contributed by atoms with Gasteiger partial charge < -0.3 is 4.74 Å². The Hall–Kier alpha value is -2.55. The van der Waals surface area contributed by atoms with E-state index in [0.29, 0.717) is 12.2 Å². The number of benzene rings is 2. The number of ether oxygens (including phenoxy) is 1. The van der Waals surface area contributed by atoms with E-state index in [9.17, 15) is 4.79 Å². The smallest absolute Gasteiger partial charge is 0.260 e. The molecule has 0 spiro atoms. The zero-order chi connectivity index (χ0) is 14.7. The second-order valence-corrected chi connectivity index (χ2v) is 4.85. The van der Waals surface area contributed by atoms with Crippen molar-refractivity contribution < 1.29 is 9.53 Å². The van der Waals surface area contributed by atoms with Gasteiger partial charge in [-0.1, -0.05) is 48.5 Å². The van der Waals surface area contributed by atoms with E-state index in [2.05, 4.69) is 0 Å². The van der Waals surface area contributed by atoms with Crippen molar-refractivity contribution in [1.82, 2.24) is 0 Å². The van der Waals surface area contributed by atoms with Gasteiger partial charge in [0.15, 0.2) is 0 Å². The predicted octanol–water partition coefficient (Wildman–Crippen LogP) is 3.69. The summed E-state index contributed by atoms with van der Waals surface area (Å²) in [5.74, 6) is 0.00324. The van der Waals surface area contributed by atoms with Gasteiger partial charge in [-0.25, -0.2) is 0 Å². The number of rotatable bonds is 4. The zero-order valence-corrected chi connectivity index (χ0v) is 11.9. The number of β-lactam (4-membered cyclic amide) rings is 1. The van der Waals surface area contributed by atoms with Crippen molar-refractivity contribution in [3.63, 3.8) is 0 Å². The maximum absolute atomic E-state index is 12.4. The molecule has 106 valence electrons. The third-order valence-electron chi connectivity index (χ3n) is 3.55. The molecule has 3 nitrogen and oxygen atoms in total. The summed E-state index contributed by atoms with van der Waals surface area (Å²) in [7, 11) is 0. The van der Waals surface area contributed by atoms with Crippen LogP contribution in [0.25, 0.3) is 0 Å². The van der Waals surface area contributed by atoms with E-state index in [4.69, 9.17) is 4.74 Å². The number of hydrogen-bond donors (Lipinski definition) is 0. The highest BCUT2D eigenvalue weighted by Crippen LogP contribution is 2.42. The summed E-state index contributed by atoms with van der Waals surface area (Å²) in [6.45, 7) is 2.47. The lowest BCUT2D eigenvalue weighted by Crippen LogP contribution is -2.49. The molecular weight excluding hydrogens is 262 g/mol. The van der Waals surface area contributed by atoms with E-state index >= 15 is 0 Å². The van der Waals surface area contributed by atoms with Crippen LogP contribution in [0.3, 0.4) is 0 Å². The van der Waals surface area contributed by atoms with Gasteiger partial charge in [0.1, 0.15) is 0 Å². The molecule has 2 aromatic rings. The third-order valence-corrected chi connectivity index (χ3v) is 3.55. The molecule has 1 aliphatic heterocycles. The summed E-state index contributed by atoms with van der Waals surface area (Å²) in [6.07, 6.45) is 1.60. The number of amides is 1. The van der Waals surface area contributed by atoms with Crippen LogP contribution in [0.1, 0.15) is 18.5 Å². The average molecular weight is 279 g/mol. The second kappa shape index (κ2) is 5.83. The SMILES string of the molecule is CCO/C=C1/C(=O)N(c2ccccc2)C1c1ccccc1. The van der Waals surface area contributed by atoms with E-state index in [1.807, 2.05) is 67.6 Å². The molecule has 0 N–H and O–H groups in total. The highest BCUT2D eigenvalue weighted by molar-refractivity contribution is 6.15. The van der Waals surface area contributed by atoms with Gasteiger partial charge >= 0.3 is 0 Å². The Morgan fingerprint density at radius 2 is 1.67 bits per heavy atom. The topological polar surface area (TPSA) is 29.5 Å². The molecular formula is C18H17NO2. The molecule has 1 heterocycles. The molecule has 21 heavy (non-hydrogen) atoms. The van der Waals surface area contributed by atoms with Crippen molar-refractivity contribution in [2.24, 2.45) is 0 Å². The average Bonchev–Trinajstić information content (AvgIpc) is 2.54. The van der Waals surface area contributed by atoms with Crippen molar-refractivity contribution in [2.45, 2.75) is 13.0 Å². The molecule has 3 heteroatoms. The van der Waals surface area contributed by atoms with Gasteiger partial charge in [-0.2, -0.15) is 0 Å². The molecule has 1 aliphatic rings. The van der Waals surface area contributed by atoms with Gasteiger partial charge in [-0.3, -0.25) is 9.69 Å². The van der Waals surface area contributed by atoms with Crippen LogP contribution in [-0.4, -0.2) is 12.5 Å². The fourth-order valence-corrected chi connectivity index (χ4v) is 2.55. The number of hydrogen-bond acceptors (Lipinski definition) is 2. The van der Waals surface area contributed by atoms with Crippen LogP contribution in [0.15, 0.2) is 72.5 Å². The largest absolute Gasteiger partial charge is 0.501 e. The van der Waals surface area contributed by atoms with E-state index in [-0.39, 0.29) is 11.9 Å². The van der Waals surface area contributed by atoms with Gasteiger partial charge in [0.25, 0.3) is 5.91 Å². The first-order valence-corrected chi connectivity index (χ1v) is 7.08. The normalized spacial score (nSPS) is 19.5. The van der Waals surface area contributed by atoms with E-state index in [1.165, 1.54) is 0 Å². The van der Waals surface area contributed by atoms with Crippen LogP contribution in [0.4, 0.5) is 5.69 Å². The summed E-state index contributed by atoms with van der Waals surface area (Å²) in [4.78, 5) is 14.2. The highest BCUT2D eigenvalue weighted by atomic mass is 16.5. The van der Waals surface area contributed by atoms with Crippen molar-refractivity contribution in [3.8, 4) is 0 Å². The summed E-state index contributed by atoms with van der Waals surface area (Å²) < 4.78 is 5.33. The first-order valence-electron chi connectivity index (χ1n) is 7.08. The lowest BCUT2D eigenvalue weighted by atomic mass is 9.88. The molecule has 3 rings (SSSR count). The summed E-state index contributed by atoms with van der Waals surface area (Å²) in [5, 5.41) is 0. The fourth-order valence-electron chi connectivity index (χ4n) is 2.55. The van der Waals surface area contributed by atoms with Crippen molar-refractivity contribution in [1.29, 1.82) is 0 Å². The summed E-state index contributed by atoms with van der Waals surface area (Å²) in [5.41, 5.74) is 2.70. The Kier molecular flexibility index (Phi) is 3.73. The molecule has 1 unspecified atom stereocenters. The number of carbonyl (C=O) groups is 1. The summed E-state index contributed by atoms with van der Waals surface area (Å²) >= 11 is 0. The lowest BCUT2D eigenvalue weighted by Gasteiger charge is -2.42. The van der Waals surface area contributed by atoms with Gasteiger partial charge in [0.05, 0.1) is 24.5 Å². The highest BCUT2D eigenvalue weighted by Gasteiger charge is 2.44. The molecule has 0 radical (unpaired) electrons. The molecule has 0 aliphatic carbocycles. The second-order valence-electron chi connectivity index (χ2n) is 4.85. The zero-order valence-electron chi connectivity index (χ0n) is 11.9. The Balaban J connectivity index is 1.99. The van der Waals surface area contributed by atoms with E-state index in [1.54, 1.807) is 11.2 Å². The summed E-state index contributed by atoms with van der Waals surface area (Å²) in [6, 6.07) is 19.7. The van der Waals surface area contributed by atoms with E-state index in [0.717, 1.165) is 11.3 Å². The van der Waals surface area contributed by atoms with Crippen LogP contribution >= 0.6 is 0 Å². The Labute approximate surface area is 124 Å². The van der Waals surface area contributed by atoms with E-state index < -0.39 is 0 Å². The quantitative estimate of drug-likeness (QED) is 0.485. The third kappa shape index (κ3) is 2.42. The van der Waals surface area contributed by atoms with Crippen LogP contribution in [0.5, 0.6) is 0 Å². The molecule has 1 atom stereocenters. The minimum Gasteiger partial charge on any atom is -0.501 e. The first kappa shape index (κ1) is 13.4. The maximum atomic E-state index is 12.4. The minimum atomic E-state index is -0.0763. The monoisotopic (exact) mass is 279 g/mol. The number of nitrogens with zero attached hydrogens (tertiary/aromatic N) is 1. The Morgan fingerprint density at radius 1 is 1.05 bits per heavy atom. The van der Waals surface area contributed by atoms with Gasteiger partial charge in [0, 0.05) is 5.69 Å². The first-order chi connectivity index (χ1) is 10.3. The fraction of sp³-hybridized carbons (Fsp3) is 0.167. The molecule has 0 aromatic heterocycles. The van der Waals surface area contributed by atoms with Crippen molar-refractivity contribution >= 4 is 11.6 Å². The maximum Gasteiger partial charge on any atom is 0.260 e. The van der Waals surface area contributed by atoms with Crippen LogP contribution in [0.2, 0.25) is 0 Å². The molecule has 1 amide bonds. The van der Waals surface area contributed by atoms with Crippen LogP contribution in [0, 0.1) is 0 Å². The Bertz CT molecular complexity index is 649. The number of anilines is 1. The lowest BCUT2D eigenvalue weighted by molar-refractivity contribution is -0.119. The molecule has 1 fully saturated rings. The Morgan fingerprint density at radius 3 is 2.29 bits per heavy atom. The number of carbonyl (C=O) groups excluding carboxylic acids is 1. The van der Waals surface area contributed by atoms with Crippen LogP contribution < -0.4 is 4.90 Å². The van der Waals surface area contributed by atoms with Gasteiger partial charge in [-0.15, -0.1) is 0 Å². The van der Waals surface area contributed by atoms with Crippen molar-refractivity contribution in [2.75, 3.05) is 11.5 Å². The minimum absolute atomic E-state index is 0.00324. The molecule has 2 aromatic carbocycles. The predicted molar refractivity (Wildman–Crippen MR) is 82.8 cm³/mol. The standard InChI is InChI=1S/C18H17NO2/c1-2-21-13-16-17(14-9-5-3-6-10-14)19(18(16)20)15-11-7-4-8-12-15/h3-13,17H,2H2,1H3/b16-13+. The molecule has 0 bridgehead atoms.